The fourth-order valence-corrected chi connectivity index (χ4v) is 1.88. The van der Waals surface area contributed by atoms with E-state index < -0.39 is 5.97 Å². The highest BCUT2D eigenvalue weighted by atomic mass is 16.4. The van der Waals surface area contributed by atoms with Crippen molar-refractivity contribution in [3.05, 3.63) is 0 Å². The fraction of sp³-hybridized carbons (Fsp3) is 0.938. The second kappa shape index (κ2) is 18.4. The number of aliphatic hydroxyl groups is 1. The third kappa shape index (κ3) is 22.6. The van der Waals surface area contributed by atoms with Crippen molar-refractivity contribution in [3.63, 3.8) is 0 Å². The molecule has 0 aromatic carbocycles. The van der Waals surface area contributed by atoms with E-state index in [1.807, 2.05) is 0 Å². The number of carboxylic acid groups (broad SMARTS) is 1. The monoisotopic (exact) mass is 289 g/mol. The molecule has 2 N–H and O–H groups in total. The first-order valence-electron chi connectivity index (χ1n) is 8.20. The Morgan fingerprint density at radius 3 is 1.80 bits per heavy atom. The average molecular weight is 289 g/mol. The number of rotatable bonds is 12. The van der Waals surface area contributed by atoms with Gasteiger partial charge in [0, 0.05) is 5.97 Å². The molecule has 0 saturated carbocycles. The SMILES string of the molecule is CCC(=O)[O-].CCCCCCCCCC[NH+](C)CCO. The van der Waals surface area contributed by atoms with Crippen molar-refractivity contribution in [2.75, 3.05) is 26.7 Å². The molecule has 0 aliphatic rings. The number of carbonyl (C=O) groups is 1. The van der Waals surface area contributed by atoms with Crippen LogP contribution in [0.2, 0.25) is 0 Å². The summed E-state index contributed by atoms with van der Waals surface area (Å²) >= 11 is 0. The molecule has 0 heterocycles. The highest BCUT2D eigenvalue weighted by Gasteiger charge is 1.99. The topological polar surface area (TPSA) is 64.8 Å². The maximum absolute atomic E-state index is 9.26. The van der Waals surface area contributed by atoms with Crippen molar-refractivity contribution in [1.29, 1.82) is 0 Å². The number of unbranched alkanes of at least 4 members (excludes halogenated alkanes) is 7. The predicted molar refractivity (Wildman–Crippen MR) is 81.6 cm³/mol. The number of aliphatic carboxylic acids is 1. The smallest absolute Gasteiger partial charge is 0.100 e. The Morgan fingerprint density at radius 1 is 0.950 bits per heavy atom. The van der Waals surface area contributed by atoms with Gasteiger partial charge in [0.25, 0.3) is 0 Å². The molecule has 0 aliphatic carbocycles. The van der Waals surface area contributed by atoms with E-state index in [0.717, 1.165) is 6.54 Å². The van der Waals surface area contributed by atoms with Gasteiger partial charge in [0.15, 0.2) is 0 Å². The molecule has 0 amide bonds. The minimum Gasteiger partial charge on any atom is -0.550 e. The zero-order valence-electron chi connectivity index (χ0n) is 13.7. The maximum atomic E-state index is 9.26. The van der Waals surface area contributed by atoms with E-state index in [1.54, 1.807) is 0 Å². The third-order valence-corrected chi connectivity index (χ3v) is 3.28. The van der Waals surface area contributed by atoms with Gasteiger partial charge in [0.2, 0.25) is 0 Å². The lowest BCUT2D eigenvalue weighted by atomic mass is 10.1. The molecule has 0 aromatic rings. The van der Waals surface area contributed by atoms with Crippen LogP contribution in [0.25, 0.3) is 0 Å². The summed E-state index contributed by atoms with van der Waals surface area (Å²) in [6.45, 7) is 6.24. The Kier molecular flexibility index (Phi) is 19.9. The second-order valence-electron chi connectivity index (χ2n) is 5.38. The van der Waals surface area contributed by atoms with Crippen molar-refractivity contribution in [2.24, 2.45) is 0 Å². The molecule has 0 spiro atoms. The van der Waals surface area contributed by atoms with E-state index in [4.69, 9.17) is 5.11 Å². The van der Waals surface area contributed by atoms with Crippen molar-refractivity contribution in [2.45, 2.75) is 71.6 Å². The minimum atomic E-state index is -0.995. The number of hydrogen-bond donors (Lipinski definition) is 2. The third-order valence-electron chi connectivity index (χ3n) is 3.28. The maximum Gasteiger partial charge on any atom is 0.100 e. The molecular formula is C16H35NO3. The van der Waals surface area contributed by atoms with Crippen molar-refractivity contribution in [1.82, 2.24) is 0 Å². The minimum absolute atomic E-state index is 0.111. The number of carbonyl (C=O) groups excluding carboxylic acids is 1. The summed E-state index contributed by atoms with van der Waals surface area (Å²) in [5, 5.41) is 18.0. The summed E-state index contributed by atoms with van der Waals surface area (Å²) in [5.74, 6) is -0.995. The van der Waals surface area contributed by atoms with Gasteiger partial charge in [0.05, 0.1) is 20.2 Å². The molecule has 4 nitrogen and oxygen atoms in total. The quantitative estimate of drug-likeness (QED) is 0.522. The Bertz CT molecular complexity index is 198. The van der Waals surface area contributed by atoms with Crippen LogP contribution < -0.4 is 10.0 Å². The molecule has 0 fully saturated rings. The van der Waals surface area contributed by atoms with Crippen LogP contribution in [0.3, 0.4) is 0 Å². The molecular weight excluding hydrogens is 254 g/mol. The van der Waals surface area contributed by atoms with Gasteiger partial charge < -0.3 is 19.9 Å². The molecule has 1 atom stereocenters. The Morgan fingerprint density at radius 2 is 1.40 bits per heavy atom. The number of nitrogens with one attached hydrogen (secondary N) is 1. The molecule has 0 rings (SSSR count). The van der Waals surface area contributed by atoms with Gasteiger partial charge in [-0.15, -0.1) is 0 Å². The summed E-state index contributed by atoms with van der Waals surface area (Å²) in [5.41, 5.74) is 0. The lowest BCUT2D eigenvalue weighted by molar-refractivity contribution is -0.880. The van der Waals surface area contributed by atoms with Gasteiger partial charge in [-0.1, -0.05) is 52.4 Å². The van der Waals surface area contributed by atoms with Gasteiger partial charge in [0.1, 0.15) is 6.54 Å². The van der Waals surface area contributed by atoms with Crippen LogP contribution in [0, 0.1) is 0 Å². The van der Waals surface area contributed by atoms with Crippen LogP contribution in [0.5, 0.6) is 0 Å². The average Bonchev–Trinajstić information content (AvgIpc) is 2.42. The Labute approximate surface area is 125 Å². The molecule has 0 radical (unpaired) electrons. The Balaban J connectivity index is 0. The first-order valence-corrected chi connectivity index (χ1v) is 8.20. The van der Waals surface area contributed by atoms with Crippen molar-refractivity contribution >= 4 is 5.97 Å². The van der Waals surface area contributed by atoms with Crippen molar-refractivity contribution < 1.29 is 19.9 Å². The van der Waals surface area contributed by atoms with Gasteiger partial charge in [-0.2, -0.15) is 0 Å². The van der Waals surface area contributed by atoms with Gasteiger partial charge in [-0.05, 0) is 19.3 Å². The highest BCUT2D eigenvalue weighted by molar-refractivity contribution is 5.63. The van der Waals surface area contributed by atoms with Gasteiger partial charge in [-0.3, -0.25) is 0 Å². The summed E-state index contributed by atoms with van der Waals surface area (Å²) in [7, 11) is 2.16. The number of quaternary nitrogens is 1. The van der Waals surface area contributed by atoms with E-state index in [9.17, 15) is 9.90 Å². The van der Waals surface area contributed by atoms with E-state index in [-0.39, 0.29) is 6.42 Å². The largest absolute Gasteiger partial charge is 0.550 e. The second-order valence-corrected chi connectivity index (χ2v) is 5.38. The van der Waals surface area contributed by atoms with E-state index in [2.05, 4.69) is 14.0 Å². The summed E-state index contributed by atoms with van der Waals surface area (Å²) < 4.78 is 0. The van der Waals surface area contributed by atoms with Crippen LogP contribution in [-0.2, 0) is 4.79 Å². The molecule has 0 bridgehead atoms. The molecule has 4 heteroatoms. The van der Waals surface area contributed by atoms with E-state index in [0.29, 0.717) is 6.61 Å². The number of carboxylic acids is 1. The molecule has 1 unspecified atom stereocenters. The normalized spacial score (nSPS) is 11.6. The zero-order chi connectivity index (χ0) is 15.6. The molecule has 0 saturated heterocycles. The fourth-order valence-electron chi connectivity index (χ4n) is 1.88. The van der Waals surface area contributed by atoms with Gasteiger partial charge >= 0.3 is 0 Å². The summed E-state index contributed by atoms with van der Waals surface area (Å²) in [6, 6.07) is 0. The lowest BCUT2D eigenvalue weighted by Crippen LogP contribution is -3.09. The van der Waals surface area contributed by atoms with Crippen LogP contribution >= 0.6 is 0 Å². The van der Waals surface area contributed by atoms with Crippen LogP contribution in [0.1, 0.15) is 71.6 Å². The first-order chi connectivity index (χ1) is 9.58. The number of hydrogen-bond acceptors (Lipinski definition) is 3. The summed E-state index contributed by atoms with van der Waals surface area (Å²) in [4.78, 5) is 10.7. The highest BCUT2D eigenvalue weighted by Crippen LogP contribution is 2.07. The molecule has 0 aromatic heterocycles. The van der Waals surface area contributed by atoms with E-state index >= 15 is 0 Å². The molecule has 122 valence electrons. The standard InChI is InChI=1S/C13H29NO.C3H6O2/c1-3-4-5-6-7-8-9-10-11-14(2)12-13-15;1-2-3(4)5/h15H,3-13H2,1-2H3;2H2,1H3,(H,4,5). The van der Waals surface area contributed by atoms with Crippen LogP contribution in [0.15, 0.2) is 0 Å². The zero-order valence-corrected chi connectivity index (χ0v) is 13.7. The first kappa shape index (κ1) is 21.7. The van der Waals surface area contributed by atoms with Gasteiger partial charge in [-0.25, -0.2) is 0 Å². The molecule has 20 heavy (non-hydrogen) atoms. The molecule has 0 aliphatic heterocycles. The van der Waals surface area contributed by atoms with Crippen LogP contribution in [-0.4, -0.2) is 37.8 Å². The summed E-state index contributed by atoms with van der Waals surface area (Å²) in [6.07, 6.45) is 11.2. The lowest BCUT2D eigenvalue weighted by Gasteiger charge is -2.11. The van der Waals surface area contributed by atoms with Crippen LogP contribution in [0.4, 0.5) is 0 Å². The Hall–Kier alpha value is -0.610. The number of aliphatic hydroxyl groups excluding tert-OH is 1. The number of likely N-dealkylation sites (N-methyl/N-ethyl adjacent to an activating group) is 1. The van der Waals surface area contributed by atoms with Crippen molar-refractivity contribution in [3.8, 4) is 0 Å². The van der Waals surface area contributed by atoms with E-state index in [1.165, 1.54) is 69.7 Å². The predicted octanol–water partition coefficient (Wildman–Crippen LogP) is 0.780.